The molecule has 1 heterocycles. The van der Waals surface area contributed by atoms with Crippen LogP contribution in [0.1, 0.15) is 30.1 Å². The molecule has 0 unspecified atom stereocenters. The van der Waals surface area contributed by atoms with E-state index in [0.717, 1.165) is 12.8 Å². The fourth-order valence-corrected chi connectivity index (χ4v) is 1.88. The minimum Gasteiger partial charge on any atom is -0.493 e. The first-order valence-corrected chi connectivity index (χ1v) is 6.52. The van der Waals surface area contributed by atoms with Crippen molar-refractivity contribution in [3.8, 4) is 17.2 Å². The number of nitrogens with one attached hydrogen (secondary N) is 1. The summed E-state index contributed by atoms with van der Waals surface area (Å²) in [7, 11) is 1.55. The Hall–Kier alpha value is -1.91. The van der Waals surface area contributed by atoms with Crippen molar-refractivity contribution in [3.05, 3.63) is 17.7 Å². The minimum absolute atomic E-state index is 0.122. The molecule has 2 rings (SSSR count). The van der Waals surface area contributed by atoms with Gasteiger partial charge in [-0.15, -0.1) is 0 Å². The standard InChI is InChI=1S/C14H19NO4/c1-3-4-5-15-14(16)10-8-11(17-2)13-12(9-10)18-6-7-19-13/h8-9H,3-7H2,1-2H3,(H,15,16). The fraction of sp³-hybridized carbons (Fsp3) is 0.500. The molecule has 1 amide bonds. The number of benzene rings is 1. The maximum atomic E-state index is 12.0. The van der Waals surface area contributed by atoms with Gasteiger partial charge in [0, 0.05) is 12.1 Å². The Kier molecular flexibility index (Phi) is 4.49. The van der Waals surface area contributed by atoms with Gasteiger partial charge in [0.05, 0.1) is 7.11 Å². The van der Waals surface area contributed by atoms with E-state index in [1.165, 1.54) is 0 Å². The molecule has 1 aromatic rings. The predicted molar refractivity (Wildman–Crippen MR) is 71.2 cm³/mol. The monoisotopic (exact) mass is 265 g/mol. The van der Waals surface area contributed by atoms with Gasteiger partial charge in [0.15, 0.2) is 11.5 Å². The zero-order valence-electron chi connectivity index (χ0n) is 11.3. The molecule has 0 saturated carbocycles. The van der Waals surface area contributed by atoms with Gasteiger partial charge in [0.2, 0.25) is 5.75 Å². The van der Waals surface area contributed by atoms with Crippen molar-refractivity contribution in [2.45, 2.75) is 19.8 Å². The number of ether oxygens (including phenoxy) is 3. The highest BCUT2D eigenvalue weighted by Gasteiger charge is 2.20. The van der Waals surface area contributed by atoms with Gasteiger partial charge < -0.3 is 19.5 Å². The molecule has 5 heteroatoms. The quantitative estimate of drug-likeness (QED) is 0.827. The lowest BCUT2D eigenvalue weighted by molar-refractivity contribution is 0.0951. The number of methoxy groups -OCH3 is 1. The zero-order valence-corrected chi connectivity index (χ0v) is 11.3. The molecule has 0 aromatic heterocycles. The number of fused-ring (bicyclic) bond motifs is 1. The van der Waals surface area contributed by atoms with Crippen molar-refractivity contribution in [1.29, 1.82) is 0 Å². The smallest absolute Gasteiger partial charge is 0.251 e. The Bertz CT molecular complexity index is 442. The number of unbranched alkanes of at least 4 members (excludes halogenated alkanes) is 1. The molecular weight excluding hydrogens is 246 g/mol. The van der Waals surface area contributed by atoms with Gasteiger partial charge in [-0.2, -0.15) is 0 Å². The van der Waals surface area contributed by atoms with Gasteiger partial charge in [-0.1, -0.05) is 13.3 Å². The Morgan fingerprint density at radius 3 is 2.89 bits per heavy atom. The van der Waals surface area contributed by atoms with Crippen molar-refractivity contribution >= 4 is 5.91 Å². The third kappa shape index (κ3) is 3.10. The molecule has 0 bridgehead atoms. The van der Waals surface area contributed by atoms with Crippen LogP contribution in [0.5, 0.6) is 17.2 Å². The molecule has 1 aliphatic heterocycles. The van der Waals surface area contributed by atoms with Crippen LogP contribution in [0.2, 0.25) is 0 Å². The molecule has 19 heavy (non-hydrogen) atoms. The van der Waals surface area contributed by atoms with Gasteiger partial charge in [-0.3, -0.25) is 4.79 Å². The highest BCUT2D eigenvalue weighted by Crippen LogP contribution is 2.40. The molecule has 1 aromatic carbocycles. The molecule has 0 saturated heterocycles. The molecule has 0 atom stereocenters. The second-order valence-corrected chi connectivity index (χ2v) is 4.31. The predicted octanol–water partition coefficient (Wildman–Crippen LogP) is 2.00. The van der Waals surface area contributed by atoms with E-state index in [4.69, 9.17) is 14.2 Å². The first-order valence-electron chi connectivity index (χ1n) is 6.52. The zero-order chi connectivity index (χ0) is 13.7. The van der Waals surface area contributed by atoms with E-state index in [1.54, 1.807) is 19.2 Å². The Labute approximate surface area is 112 Å². The first-order chi connectivity index (χ1) is 9.26. The van der Waals surface area contributed by atoms with Gasteiger partial charge in [0.1, 0.15) is 13.2 Å². The third-order valence-corrected chi connectivity index (χ3v) is 2.91. The van der Waals surface area contributed by atoms with E-state index < -0.39 is 0 Å². The lowest BCUT2D eigenvalue weighted by Gasteiger charge is -2.21. The maximum absolute atomic E-state index is 12.0. The third-order valence-electron chi connectivity index (χ3n) is 2.91. The van der Waals surface area contributed by atoms with Crippen molar-refractivity contribution in [2.24, 2.45) is 0 Å². The number of carbonyl (C=O) groups is 1. The second-order valence-electron chi connectivity index (χ2n) is 4.31. The number of amides is 1. The molecule has 1 N–H and O–H groups in total. The van der Waals surface area contributed by atoms with E-state index in [2.05, 4.69) is 12.2 Å². The van der Waals surface area contributed by atoms with E-state index >= 15 is 0 Å². The minimum atomic E-state index is -0.122. The Morgan fingerprint density at radius 1 is 1.37 bits per heavy atom. The van der Waals surface area contributed by atoms with Crippen molar-refractivity contribution in [1.82, 2.24) is 5.32 Å². The van der Waals surface area contributed by atoms with Crippen LogP contribution in [0.25, 0.3) is 0 Å². The topological polar surface area (TPSA) is 56.8 Å². The molecule has 0 spiro atoms. The highest BCUT2D eigenvalue weighted by atomic mass is 16.6. The number of hydrogen-bond donors (Lipinski definition) is 1. The lowest BCUT2D eigenvalue weighted by atomic mass is 10.1. The molecular formula is C14H19NO4. The van der Waals surface area contributed by atoms with Crippen LogP contribution in [0.4, 0.5) is 0 Å². The summed E-state index contributed by atoms with van der Waals surface area (Å²) in [4.78, 5) is 12.0. The van der Waals surface area contributed by atoms with Crippen molar-refractivity contribution in [3.63, 3.8) is 0 Å². The molecule has 104 valence electrons. The van der Waals surface area contributed by atoms with E-state index in [0.29, 0.717) is 42.6 Å². The molecule has 0 fully saturated rings. The van der Waals surface area contributed by atoms with Crippen LogP contribution in [-0.4, -0.2) is 32.8 Å². The summed E-state index contributed by atoms with van der Waals surface area (Å²) in [5, 5.41) is 2.87. The SMILES string of the molecule is CCCCNC(=O)c1cc(OC)c2c(c1)OCCO2. The Balaban J connectivity index is 2.19. The van der Waals surface area contributed by atoms with Crippen molar-refractivity contribution in [2.75, 3.05) is 26.9 Å². The summed E-state index contributed by atoms with van der Waals surface area (Å²) in [6.07, 6.45) is 2.01. The van der Waals surface area contributed by atoms with Gasteiger partial charge in [-0.25, -0.2) is 0 Å². The molecule has 5 nitrogen and oxygen atoms in total. The summed E-state index contributed by atoms with van der Waals surface area (Å²) in [6, 6.07) is 3.37. The average Bonchev–Trinajstić information content (AvgIpc) is 2.46. The fourth-order valence-electron chi connectivity index (χ4n) is 1.88. The normalized spacial score (nSPS) is 12.9. The average molecular weight is 265 g/mol. The van der Waals surface area contributed by atoms with Gasteiger partial charge in [-0.05, 0) is 18.6 Å². The summed E-state index contributed by atoms with van der Waals surface area (Å²) < 4.78 is 16.2. The molecule has 0 aliphatic carbocycles. The summed E-state index contributed by atoms with van der Waals surface area (Å²) in [5.41, 5.74) is 0.525. The van der Waals surface area contributed by atoms with Gasteiger partial charge >= 0.3 is 0 Å². The summed E-state index contributed by atoms with van der Waals surface area (Å²) in [5.74, 6) is 1.53. The largest absolute Gasteiger partial charge is 0.493 e. The van der Waals surface area contributed by atoms with E-state index in [1.807, 2.05) is 0 Å². The second kappa shape index (κ2) is 6.31. The van der Waals surface area contributed by atoms with Crippen LogP contribution in [-0.2, 0) is 0 Å². The van der Waals surface area contributed by atoms with E-state index in [-0.39, 0.29) is 5.91 Å². The van der Waals surface area contributed by atoms with Crippen LogP contribution >= 0.6 is 0 Å². The summed E-state index contributed by atoms with van der Waals surface area (Å²) >= 11 is 0. The van der Waals surface area contributed by atoms with Crippen LogP contribution < -0.4 is 19.5 Å². The van der Waals surface area contributed by atoms with Crippen LogP contribution in [0.3, 0.4) is 0 Å². The first kappa shape index (κ1) is 13.5. The number of rotatable bonds is 5. The van der Waals surface area contributed by atoms with Crippen molar-refractivity contribution < 1.29 is 19.0 Å². The van der Waals surface area contributed by atoms with Crippen LogP contribution in [0.15, 0.2) is 12.1 Å². The highest BCUT2D eigenvalue weighted by molar-refractivity contribution is 5.95. The van der Waals surface area contributed by atoms with Gasteiger partial charge in [0.25, 0.3) is 5.91 Å². The number of hydrogen-bond acceptors (Lipinski definition) is 4. The summed E-state index contributed by atoms with van der Waals surface area (Å²) in [6.45, 7) is 3.73. The molecule has 0 radical (unpaired) electrons. The van der Waals surface area contributed by atoms with E-state index in [9.17, 15) is 4.79 Å². The maximum Gasteiger partial charge on any atom is 0.251 e. The number of carbonyl (C=O) groups excluding carboxylic acids is 1. The molecule has 1 aliphatic rings. The Morgan fingerprint density at radius 2 is 2.16 bits per heavy atom. The lowest BCUT2D eigenvalue weighted by Crippen LogP contribution is -2.25. The van der Waals surface area contributed by atoms with Crippen LogP contribution in [0, 0.1) is 0 Å².